The third-order valence-electron chi connectivity index (χ3n) is 3.15. The lowest BCUT2D eigenvalue weighted by Gasteiger charge is -2.09. The van der Waals surface area contributed by atoms with Gasteiger partial charge in [-0.1, -0.05) is 32.0 Å². The number of benzene rings is 2. The quantitative estimate of drug-likeness (QED) is 0.680. The van der Waals surface area contributed by atoms with Crippen molar-refractivity contribution in [2.45, 2.75) is 20.8 Å². The smallest absolute Gasteiger partial charge is 0.410 e. The molecule has 3 N–H and O–H groups in total. The molecule has 1 heterocycles. The molecule has 0 atom stereocenters. The van der Waals surface area contributed by atoms with Crippen molar-refractivity contribution in [3.8, 4) is 11.4 Å². The van der Waals surface area contributed by atoms with Crippen molar-refractivity contribution in [2.24, 2.45) is 0 Å². The lowest BCUT2D eigenvalue weighted by atomic mass is 10.3. The number of nitrogens with two attached hydrogens (primary N) is 1. The lowest BCUT2D eigenvalue weighted by Crippen LogP contribution is -2.19. The number of aromatic nitrogens is 2. The first-order chi connectivity index (χ1) is 12.1. The number of para-hydroxylation sites is 1. The van der Waals surface area contributed by atoms with Crippen LogP contribution in [0.15, 0.2) is 60.7 Å². The Balaban J connectivity index is 0.00000109. The van der Waals surface area contributed by atoms with Crippen LogP contribution in [-0.4, -0.2) is 15.9 Å². The van der Waals surface area contributed by atoms with Gasteiger partial charge in [-0.15, -0.1) is 0 Å². The minimum Gasteiger partial charge on any atom is -0.410 e. The van der Waals surface area contributed by atoms with Crippen molar-refractivity contribution in [3.05, 3.63) is 66.4 Å². The van der Waals surface area contributed by atoms with E-state index in [9.17, 15) is 4.79 Å². The molecule has 0 aliphatic rings. The average Bonchev–Trinajstić information content (AvgIpc) is 2.99. The van der Waals surface area contributed by atoms with Crippen LogP contribution in [0.5, 0.6) is 5.75 Å². The van der Waals surface area contributed by atoms with E-state index in [1.165, 1.54) is 0 Å². The summed E-state index contributed by atoms with van der Waals surface area (Å²) in [4.78, 5) is 12.1. The molecule has 0 radical (unpaired) electrons. The molecule has 1 amide bonds. The third kappa shape index (κ3) is 4.84. The fourth-order valence-electron chi connectivity index (χ4n) is 2.13. The van der Waals surface area contributed by atoms with Crippen molar-refractivity contribution in [2.75, 3.05) is 11.1 Å². The normalized spacial score (nSPS) is 9.72. The fraction of sp³-hybridized carbons (Fsp3) is 0.158. The second kappa shape index (κ2) is 8.54. The topological polar surface area (TPSA) is 82.2 Å². The molecule has 25 heavy (non-hydrogen) atoms. The van der Waals surface area contributed by atoms with E-state index in [0.717, 1.165) is 11.4 Å². The SMILES string of the molecule is CC.Cc1cc(NC(=O)Oc2ccc(N)cc2)n(-c2ccccc2)n1.[HH]. The number of ether oxygens (including phenoxy) is 1. The van der Waals surface area contributed by atoms with Gasteiger partial charge < -0.3 is 10.5 Å². The Morgan fingerprint density at radius 2 is 1.76 bits per heavy atom. The van der Waals surface area contributed by atoms with Crippen LogP contribution in [0.2, 0.25) is 0 Å². The van der Waals surface area contributed by atoms with Gasteiger partial charge in [-0.3, -0.25) is 5.32 Å². The van der Waals surface area contributed by atoms with Gasteiger partial charge in [-0.05, 0) is 43.3 Å². The molecule has 3 rings (SSSR count). The number of hydrogen-bond donors (Lipinski definition) is 2. The zero-order chi connectivity index (χ0) is 18.2. The van der Waals surface area contributed by atoms with Gasteiger partial charge in [0, 0.05) is 13.2 Å². The van der Waals surface area contributed by atoms with Crippen molar-refractivity contribution in [1.82, 2.24) is 9.78 Å². The van der Waals surface area contributed by atoms with Crippen LogP contribution in [-0.2, 0) is 0 Å². The first-order valence-corrected chi connectivity index (χ1v) is 8.08. The van der Waals surface area contributed by atoms with E-state index >= 15 is 0 Å². The van der Waals surface area contributed by atoms with Gasteiger partial charge in [0.05, 0.1) is 11.4 Å². The van der Waals surface area contributed by atoms with Gasteiger partial charge >= 0.3 is 6.09 Å². The number of amides is 1. The molecular formula is C19H24N4O2. The molecule has 0 saturated heterocycles. The number of rotatable bonds is 3. The molecule has 0 aliphatic carbocycles. The zero-order valence-corrected chi connectivity index (χ0v) is 14.6. The molecular weight excluding hydrogens is 316 g/mol. The Morgan fingerprint density at radius 1 is 1.12 bits per heavy atom. The van der Waals surface area contributed by atoms with Crippen LogP contribution >= 0.6 is 0 Å². The number of nitrogens with one attached hydrogen (secondary N) is 1. The highest BCUT2D eigenvalue weighted by molar-refractivity contribution is 5.85. The van der Waals surface area contributed by atoms with Gasteiger partial charge in [0.15, 0.2) is 0 Å². The first-order valence-electron chi connectivity index (χ1n) is 8.08. The van der Waals surface area contributed by atoms with E-state index in [4.69, 9.17) is 10.5 Å². The van der Waals surface area contributed by atoms with Gasteiger partial charge in [0.1, 0.15) is 11.6 Å². The molecule has 0 bridgehead atoms. The minimum absolute atomic E-state index is 0. The number of aryl methyl sites for hydroxylation is 1. The Hall–Kier alpha value is -3.28. The Labute approximate surface area is 148 Å². The maximum Gasteiger partial charge on any atom is 0.418 e. The van der Waals surface area contributed by atoms with Crippen LogP contribution in [0.1, 0.15) is 21.0 Å². The van der Waals surface area contributed by atoms with Gasteiger partial charge in [0.25, 0.3) is 0 Å². The van der Waals surface area contributed by atoms with E-state index in [-0.39, 0.29) is 1.43 Å². The van der Waals surface area contributed by atoms with Crippen LogP contribution in [0.4, 0.5) is 16.3 Å². The average molecular weight is 340 g/mol. The molecule has 0 spiro atoms. The largest absolute Gasteiger partial charge is 0.418 e. The second-order valence-corrected chi connectivity index (χ2v) is 5.00. The molecule has 2 aromatic carbocycles. The molecule has 0 unspecified atom stereocenters. The Bertz CT molecular complexity index is 817. The van der Waals surface area contributed by atoms with Crippen molar-refractivity contribution in [3.63, 3.8) is 0 Å². The molecule has 0 fully saturated rings. The number of hydrogen-bond acceptors (Lipinski definition) is 4. The molecule has 6 nitrogen and oxygen atoms in total. The second-order valence-electron chi connectivity index (χ2n) is 5.00. The Morgan fingerprint density at radius 3 is 2.40 bits per heavy atom. The number of carbonyl (C=O) groups excluding carboxylic acids is 1. The highest BCUT2D eigenvalue weighted by Gasteiger charge is 2.12. The maximum atomic E-state index is 12.1. The number of nitrogen functional groups attached to an aromatic ring is 1. The predicted molar refractivity (Wildman–Crippen MR) is 102 cm³/mol. The highest BCUT2D eigenvalue weighted by atomic mass is 16.6. The summed E-state index contributed by atoms with van der Waals surface area (Å²) in [5, 5.41) is 7.08. The molecule has 0 saturated carbocycles. The number of carbonyl (C=O) groups is 1. The van der Waals surface area contributed by atoms with E-state index in [1.54, 1.807) is 35.0 Å². The standard InChI is InChI=1S/C17H16N4O2.C2H6.H2/c1-12-11-16(21(20-12)14-5-3-2-4-6-14)19-17(22)23-15-9-7-13(18)8-10-15;1-2;/h2-11H,18H2,1H3,(H,19,22);1-2H3;1H. The van der Waals surface area contributed by atoms with Gasteiger partial charge in [-0.25, -0.2) is 9.48 Å². The summed E-state index contributed by atoms with van der Waals surface area (Å²) in [5.41, 5.74) is 7.85. The summed E-state index contributed by atoms with van der Waals surface area (Å²) in [6, 6.07) is 17.9. The zero-order valence-electron chi connectivity index (χ0n) is 14.6. The van der Waals surface area contributed by atoms with Crippen LogP contribution in [0.25, 0.3) is 5.69 Å². The van der Waals surface area contributed by atoms with Gasteiger partial charge in [-0.2, -0.15) is 5.10 Å². The summed E-state index contributed by atoms with van der Waals surface area (Å²) in [5.74, 6) is 0.952. The fourth-order valence-corrected chi connectivity index (χ4v) is 2.13. The van der Waals surface area contributed by atoms with Crippen LogP contribution < -0.4 is 15.8 Å². The number of anilines is 2. The maximum absolute atomic E-state index is 12.1. The minimum atomic E-state index is -0.591. The lowest BCUT2D eigenvalue weighted by molar-refractivity contribution is 0.215. The predicted octanol–water partition coefficient (Wildman–Crippen LogP) is 4.65. The molecule has 132 valence electrons. The molecule has 6 heteroatoms. The van der Waals surface area contributed by atoms with E-state index in [1.807, 2.05) is 51.1 Å². The number of nitrogens with zero attached hydrogens (tertiary/aromatic N) is 2. The summed E-state index contributed by atoms with van der Waals surface area (Å²) in [6.07, 6.45) is -0.591. The van der Waals surface area contributed by atoms with E-state index < -0.39 is 6.09 Å². The van der Waals surface area contributed by atoms with Crippen molar-refractivity contribution < 1.29 is 11.0 Å². The summed E-state index contributed by atoms with van der Waals surface area (Å²) < 4.78 is 6.88. The Kier molecular flexibility index (Phi) is 6.17. The van der Waals surface area contributed by atoms with E-state index in [0.29, 0.717) is 17.3 Å². The molecule has 0 aliphatic heterocycles. The van der Waals surface area contributed by atoms with Crippen LogP contribution in [0, 0.1) is 6.92 Å². The highest BCUT2D eigenvalue weighted by Crippen LogP contribution is 2.18. The van der Waals surface area contributed by atoms with Crippen molar-refractivity contribution >= 4 is 17.6 Å². The monoisotopic (exact) mass is 340 g/mol. The molecule has 3 aromatic rings. The molecule has 1 aromatic heterocycles. The van der Waals surface area contributed by atoms with Gasteiger partial charge in [0.2, 0.25) is 0 Å². The van der Waals surface area contributed by atoms with E-state index in [2.05, 4.69) is 10.4 Å². The summed E-state index contributed by atoms with van der Waals surface area (Å²) in [7, 11) is 0. The third-order valence-corrected chi connectivity index (χ3v) is 3.15. The first kappa shape index (κ1) is 18.1. The summed E-state index contributed by atoms with van der Waals surface area (Å²) >= 11 is 0. The van der Waals surface area contributed by atoms with Crippen LogP contribution in [0.3, 0.4) is 0 Å². The van der Waals surface area contributed by atoms with Crippen molar-refractivity contribution in [1.29, 1.82) is 0 Å². The summed E-state index contributed by atoms with van der Waals surface area (Å²) in [6.45, 7) is 5.86.